The minimum absolute atomic E-state index is 0.0878. The van der Waals surface area contributed by atoms with E-state index < -0.39 is 0 Å². The zero-order valence-electron chi connectivity index (χ0n) is 19.5. The number of carbonyl (C=O) groups excluding carboxylic acids is 1. The molecule has 0 radical (unpaired) electrons. The van der Waals surface area contributed by atoms with E-state index in [0.29, 0.717) is 5.92 Å². The summed E-state index contributed by atoms with van der Waals surface area (Å²) in [4.78, 5) is 18.5. The maximum Gasteiger partial charge on any atom is 0.261 e. The van der Waals surface area contributed by atoms with Crippen molar-refractivity contribution in [3.05, 3.63) is 74.9 Å². The summed E-state index contributed by atoms with van der Waals surface area (Å²) in [7, 11) is 0. The third kappa shape index (κ3) is 3.32. The summed E-state index contributed by atoms with van der Waals surface area (Å²) in [5.74, 6) is 0.764. The fraction of sp³-hybridized carbons (Fsp3) is 0.357. The molecule has 4 heteroatoms. The standard InChI is InChI=1S/C28H30N2OS/c1-6-19-13-16(3)30-28(31)27-25(19)26-23-10-9-21(20-8-7-15(2)29-14-20)17(4)18(5)22(23)11-12-24(26)32-27/h7-12,14,16,18-19H,6,13H2,1-5H3,(H,30,31). The van der Waals surface area contributed by atoms with Crippen molar-refractivity contribution in [2.24, 2.45) is 0 Å². The van der Waals surface area contributed by atoms with Crippen LogP contribution in [0.15, 0.2) is 42.1 Å². The molecule has 0 spiro atoms. The van der Waals surface area contributed by atoms with Crippen LogP contribution in [-0.2, 0) is 0 Å². The molecular formula is C28H30N2OS. The molecule has 3 atom stereocenters. The number of aromatic nitrogens is 1. The number of rotatable bonds is 2. The van der Waals surface area contributed by atoms with E-state index in [9.17, 15) is 4.79 Å². The van der Waals surface area contributed by atoms with Crippen LogP contribution in [-0.4, -0.2) is 16.9 Å². The molecule has 0 fully saturated rings. The number of allylic oxidation sites excluding steroid dienone is 3. The second-order valence-electron chi connectivity index (χ2n) is 9.34. The number of carbonyl (C=O) groups is 1. The lowest BCUT2D eigenvalue weighted by atomic mass is 9.84. The van der Waals surface area contributed by atoms with Gasteiger partial charge in [-0.1, -0.05) is 43.7 Å². The topological polar surface area (TPSA) is 42.0 Å². The average Bonchev–Trinajstić information content (AvgIpc) is 3.06. The molecule has 1 aliphatic carbocycles. The number of pyridine rings is 1. The van der Waals surface area contributed by atoms with Gasteiger partial charge in [0.25, 0.3) is 5.91 Å². The van der Waals surface area contributed by atoms with Crippen molar-refractivity contribution >= 4 is 39.0 Å². The zero-order valence-corrected chi connectivity index (χ0v) is 20.3. The molecule has 0 saturated heterocycles. The molecule has 1 aromatic carbocycles. The van der Waals surface area contributed by atoms with Gasteiger partial charge in [-0.2, -0.15) is 0 Å². The largest absolute Gasteiger partial charge is 0.349 e. The van der Waals surface area contributed by atoms with Crippen molar-refractivity contribution in [3.8, 4) is 0 Å². The van der Waals surface area contributed by atoms with E-state index in [2.05, 4.69) is 74.4 Å². The van der Waals surface area contributed by atoms with Gasteiger partial charge >= 0.3 is 0 Å². The van der Waals surface area contributed by atoms with Crippen LogP contribution in [0.1, 0.15) is 90.0 Å². The minimum Gasteiger partial charge on any atom is -0.349 e. The van der Waals surface area contributed by atoms with Gasteiger partial charge in [-0.25, -0.2) is 0 Å². The van der Waals surface area contributed by atoms with Crippen molar-refractivity contribution < 1.29 is 4.79 Å². The Morgan fingerprint density at radius 2 is 1.94 bits per heavy atom. The Hall–Kier alpha value is -2.72. The smallest absolute Gasteiger partial charge is 0.261 e. The first-order valence-corrected chi connectivity index (χ1v) is 12.4. The van der Waals surface area contributed by atoms with E-state index >= 15 is 0 Å². The summed E-state index contributed by atoms with van der Waals surface area (Å²) in [6.07, 6.45) is 8.55. The lowest BCUT2D eigenvalue weighted by Gasteiger charge is -2.20. The van der Waals surface area contributed by atoms with E-state index in [1.54, 1.807) is 11.3 Å². The summed E-state index contributed by atoms with van der Waals surface area (Å²) in [6, 6.07) is 8.94. The Balaban J connectivity index is 1.74. The molecule has 0 bridgehead atoms. The number of benzene rings is 1. The molecule has 3 unspecified atom stereocenters. The van der Waals surface area contributed by atoms with Crippen molar-refractivity contribution in [2.45, 2.75) is 65.3 Å². The van der Waals surface area contributed by atoms with Gasteiger partial charge in [0.15, 0.2) is 0 Å². The molecule has 2 aromatic heterocycles. The van der Waals surface area contributed by atoms with Crippen LogP contribution in [0.3, 0.4) is 0 Å². The van der Waals surface area contributed by atoms with E-state index in [1.807, 2.05) is 13.1 Å². The molecule has 3 aromatic rings. The third-order valence-electron chi connectivity index (χ3n) is 7.27. The summed E-state index contributed by atoms with van der Waals surface area (Å²) >= 11 is 1.65. The summed E-state index contributed by atoms with van der Waals surface area (Å²) < 4.78 is 1.21. The predicted molar refractivity (Wildman–Crippen MR) is 135 cm³/mol. The Bertz CT molecular complexity index is 1280. The van der Waals surface area contributed by atoms with Gasteiger partial charge in [-0.15, -0.1) is 11.3 Å². The van der Waals surface area contributed by atoms with E-state index in [1.165, 1.54) is 37.9 Å². The lowest BCUT2D eigenvalue weighted by Crippen LogP contribution is -2.30. The molecule has 5 rings (SSSR count). The van der Waals surface area contributed by atoms with Crippen LogP contribution < -0.4 is 5.32 Å². The molecular weight excluding hydrogens is 412 g/mol. The number of aryl methyl sites for hydroxylation is 1. The molecule has 3 nitrogen and oxygen atoms in total. The van der Waals surface area contributed by atoms with Gasteiger partial charge in [0.05, 0.1) is 4.88 Å². The second kappa shape index (κ2) is 8.00. The molecule has 1 amide bonds. The molecule has 164 valence electrons. The third-order valence-corrected chi connectivity index (χ3v) is 8.44. The number of nitrogens with zero attached hydrogens (tertiary/aromatic N) is 1. The highest BCUT2D eigenvalue weighted by Gasteiger charge is 2.32. The molecule has 0 saturated carbocycles. The number of amides is 1. The monoisotopic (exact) mass is 442 g/mol. The zero-order chi connectivity index (χ0) is 22.6. The Labute approximate surface area is 194 Å². The van der Waals surface area contributed by atoms with E-state index in [4.69, 9.17) is 0 Å². The Morgan fingerprint density at radius 1 is 1.12 bits per heavy atom. The highest BCUT2D eigenvalue weighted by Crippen LogP contribution is 2.47. The SMILES string of the molecule is CCC1CC(C)NC(=O)c2sc3ccc4c(c3c21)C=CC(c1ccc(C)nc1)=C(C)C4C. The molecule has 32 heavy (non-hydrogen) atoms. The van der Waals surface area contributed by atoms with Gasteiger partial charge < -0.3 is 5.32 Å². The van der Waals surface area contributed by atoms with E-state index in [0.717, 1.165) is 29.0 Å². The fourth-order valence-corrected chi connectivity index (χ4v) is 6.56. The van der Waals surface area contributed by atoms with E-state index in [-0.39, 0.29) is 17.9 Å². The van der Waals surface area contributed by atoms with Gasteiger partial charge in [-0.3, -0.25) is 9.78 Å². The van der Waals surface area contributed by atoms with Gasteiger partial charge in [0.2, 0.25) is 0 Å². The van der Waals surface area contributed by atoms with Gasteiger partial charge in [0.1, 0.15) is 0 Å². The Kier molecular flexibility index (Phi) is 5.29. The van der Waals surface area contributed by atoms with Crippen LogP contribution in [0.25, 0.3) is 21.7 Å². The molecule has 1 aliphatic heterocycles. The minimum atomic E-state index is 0.0878. The number of hydrogen-bond acceptors (Lipinski definition) is 3. The van der Waals surface area contributed by atoms with Crippen LogP contribution in [0.5, 0.6) is 0 Å². The molecule has 2 aliphatic rings. The summed E-state index contributed by atoms with van der Waals surface area (Å²) in [5.41, 5.74) is 8.67. The number of nitrogens with one attached hydrogen (secondary N) is 1. The fourth-order valence-electron chi connectivity index (χ4n) is 5.35. The van der Waals surface area contributed by atoms with Crippen molar-refractivity contribution in [3.63, 3.8) is 0 Å². The second-order valence-corrected chi connectivity index (χ2v) is 10.4. The van der Waals surface area contributed by atoms with Crippen molar-refractivity contribution in [1.82, 2.24) is 10.3 Å². The maximum absolute atomic E-state index is 13.0. The summed E-state index contributed by atoms with van der Waals surface area (Å²) in [5, 5.41) is 4.49. The molecule has 3 heterocycles. The number of fused-ring (bicyclic) bond motifs is 5. The summed E-state index contributed by atoms with van der Waals surface area (Å²) in [6.45, 7) is 10.9. The first kappa shape index (κ1) is 21.1. The van der Waals surface area contributed by atoms with Crippen LogP contribution >= 0.6 is 11.3 Å². The molecule has 1 N–H and O–H groups in total. The maximum atomic E-state index is 13.0. The Morgan fingerprint density at radius 3 is 2.66 bits per heavy atom. The van der Waals surface area contributed by atoms with Gasteiger partial charge in [-0.05, 0) is 79.5 Å². The first-order chi connectivity index (χ1) is 15.4. The predicted octanol–water partition coefficient (Wildman–Crippen LogP) is 7.22. The number of hydrogen-bond donors (Lipinski definition) is 1. The van der Waals surface area contributed by atoms with Crippen LogP contribution in [0, 0.1) is 6.92 Å². The van der Waals surface area contributed by atoms with Gasteiger partial charge in [0, 0.05) is 33.9 Å². The highest BCUT2D eigenvalue weighted by atomic mass is 32.1. The average molecular weight is 443 g/mol. The first-order valence-electron chi connectivity index (χ1n) is 11.6. The lowest BCUT2D eigenvalue weighted by molar-refractivity contribution is 0.0946. The van der Waals surface area contributed by atoms with Crippen LogP contribution in [0.4, 0.5) is 0 Å². The van der Waals surface area contributed by atoms with Crippen LogP contribution in [0.2, 0.25) is 0 Å². The number of thiophene rings is 1. The van der Waals surface area contributed by atoms with Crippen molar-refractivity contribution in [2.75, 3.05) is 0 Å². The van der Waals surface area contributed by atoms with Crippen molar-refractivity contribution in [1.29, 1.82) is 0 Å². The highest BCUT2D eigenvalue weighted by molar-refractivity contribution is 7.21. The normalized spacial score (nSPS) is 22.9. The quantitative estimate of drug-likeness (QED) is 0.455.